The Bertz CT molecular complexity index is 656. The first kappa shape index (κ1) is 14.5. The summed E-state index contributed by atoms with van der Waals surface area (Å²) in [5, 5.41) is 32.0. The molecule has 0 radical (unpaired) electrons. The van der Waals surface area contributed by atoms with Crippen molar-refractivity contribution in [1.82, 2.24) is 5.43 Å². The van der Waals surface area contributed by atoms with Crippen molar-refractivity contribution in [2.75, 3.05) is 0 Å². The van der Waals surface area contributed by atoms with E-state index in [1.165, 1.54) is 24.4 Å². The van der Waals surface area contributed by atoms with Gasteiger partial charge < -0.3 is 15.3 Å². The summed E-state index contributed by atoms with van der Waals surface area (Å²) in [5.74, 6) is -1.19. The molecular weight excluding hydrogens is 272 g/mol. The van der Waals surface area contributed by atoms with Crippen LogP contribution in [0, 0.1) is 0 Å². The number of nitrogens with one attached hydrogen (secondary N) is 1. The lowest BCUT2D eigenvalue weighted by Gasteiger charge is -2.08. The van der Waals surface area contributed by atoms with Crippen molar-refractivity contribution in [2.24, 2.45) is 5.10 Å². The number of phenolic OH excluding ortho intramolecular Hbond substituents is 2. The minimum absolute atomic E-state index is 0.240. The van der Waals surface area contributed by atoms with Gasteiger partial charge in [-0.05, 0) is 29.3 Å². The fourth-order valence-electron chi connectivity index (χ4n) is 1.64. The maximum atomic E-state index is 11.7. The molecule has 0 heterocycles. The summed E-state index contributed by atoms with van der Waals surface area (Å²) in [6.07, 6.45) is -0.0222. The van der Waals surface area contributed by atoms with Crippen molar-refractivity contribution in [1.29, 1.82) is 0 Å². The first-order valence-electron chi connectivity index (χ1n) is 6.16. The van der Waals surface area contributed by atoms with Crippen molar-refractivity contribution in [2.45, 2.75) is 6.10 Å². The van der Waals surface area contributed by atoms with Gasteiger partial charge in [-0.25, -0.2) is 5.43 Å². The van der Waals surface area contributed by atoms with E-state index in [1.54, 1.807) is 30.3 Å². The number of carbonyl (C=O) groups excluding carboxylic acids is 1. The molecule has 0 saturated carbocycles. The average molecular weight is 286 g/mol. The number of hydrazone groups is 1. The quantitative estimate of drug-likeness (QED) is 0.386. The molecule has 6 nitrogen and oxygen atoms in total. The summed E-state index contributed by atoms with van der Waals surface area (Å²) in [5.41, 5.74) is 3.15. The van der Waals surface area contributed by atoms with Crippen molar-refractivity contribution in [3.63, 3.8) is 0 Å². The van der Waals surface area contributed by atoms with Gasteiger partial charge in [-0.2, -0.15) is 5.10 Å². The van der Waals surface area contributed by atoms with Gasteiger partial charge in [0.1, 0.15) is 0 Å². The number of nitrogens with zero attached hydrogens (tertiary/aromatic N) is 1. The zero-order valence-electron chi connectivity index (χ0n) is 11.0. The number of aromatic hydroxyl groups is 2. The van der Waals surface area contributed by atoms with Gasteiger partial charge in [-0.1, -0.05) is 30.3 Å². The van der Waals surface area contributed by atoms with Gasteiger partial charge in [-0.15, -0.1) is 0 Å². The maximum Gasteiger partial charge on any atom is 0.273 e. The molecule has 21 heavy (non-hydrogen) atoms. The van der Waals surface area contributed by atoms with Crippen LogP contribution in [0.5, 0.6) is 11.5 Å². The lowest BCUT2D eigenvalue weighted by Crippen LogP contribution is -2.25. The number of hydrogen-bond donors (Lipinski definition) is 4. The first-order valence-corrected chi connectivity index (χ1v) is 6.16. The topological polar surface area (TPSA) is 102 Å². The van der Waals surface area contributed by atoms with Crippen LogP contribution in [0.4, 0.5) is 0 Å². The van der Waals surface area contributed by atoms with Crippen LogP contribution in [0.2, 0.25) is 0 Å². The Hall–Kier alpha value is -2.86. The van der Waals surface area contributed by atoms with Gasteiger partial charge in [-0.3, -0.25) is 4.79 Å². The van der Waals surface area contributed by atoms with Gasteiger partial charge >= 0.3 is 0 Å². The Morgan fingerprint density at radius 3 is 2.48 bits per heavy atom. The van der Waals surface area contributed by atoms with Crippen LogP contribution >= 0.6 is 0 Å². The van der Waals surface area contributed by atoms with E-state index in [9.17, 15) is 15.0 Å². The van der Waals surface area contributed by atoms with Crippen LogP contribution in [0.1, 0.15) is 17.2 Å². The third kappa shape index (κ3) is 3.80. The van der Waals surface area contributed by atoms with E-state index < -0.39 is 12.0 Å². The number of rotatable bonds is 4. The van der Waals surface area contributed by atoms with Crippen molar-refractivity contribution < 1.29 is 20.1 Å². The van der Waals surface area contributed by atoms with Gasteiger partial charge in [0.2, 0.25) is 0 Å². The molecule has 0 fully saturated rings. The monoisotopic (exact) mass is 286 g/mol. The summed E-state index contributed by atoms with van der Waals surface area (Å²) in [6, 6.07) is 12.6. The summed E-state index contributed by atoms with van der Waals surface area (Å²) >= 11 is 0. The predicted octanol–water partition coefficient (Wildman–Crippen LogP) is 1.28. The summed E-state index contributed by atoms with van der Waals surface area (Å²) in [6.45, 7) is 0. The lowest BCUT2D eigenvalue weighted by atomic mass is 10.1. The zero-order valence-corrected chi connectivity index (χ0v) is 11.0. The van der Waals surface area contributed by atoms with E-state index in [1.807, 2.05) is 0 Å². The molecule has 6 heteroatoms. The molecule has 0 spiro atoms. The van der Waals surface area contributed by atoms with Gasteiger partial charge in [0, 0.05) is 0 Å². The smallest absolute Gasteiger partial charge is 0.273 e. The largest absolute Gasteiger partial charge is 0.504 e. The number of aliphatic hydroxyl groups excluding tert-OH is 1. The molecule has 1 unspecified atom stereocenters. The Morgan fingerprint density at radius 2 is 1.81 bits per heavy atom. The molecule has 0 aliphatic rings. The number of hydrogen-bond acceptors (Lipinski definition) is 5. The highest BCUT2D eigenvalue weighted by Crippen LogP contribution is 2.23. The molecule has 0 saturated heterocycles. The molecule has 0 aromatic heterocycles. The molecule has 2 aromatic carbocycles. The van der Waals surface area contributed by atoms with Gasteiger partial charge in [0.05, 0.1) is 6.21 Å². The van der Waals surface area contributed by atoms with E-state index in [0.29, 0.717) is 11.1 Å². The van der Waals surface area contributed by atoms with Crippen LogP contribution in [0.25, 0.3) is 0 Å². The van der Waals surface area contributed by atoms with E-state index in [-0.39, 0.29) is 11.5 Å². The number of amides is 1. The summed E-state index contributed by atoms with van der Waals surface area (Å²) < 4.78 is 0. The van der Waals surface area contributed by atoms with Crippen molar-refractivity contribution >= 4 is 12.1 Å². The maximum absolute atomic E-state index is 11.7. The highest BCUT2D eigenvalue weighted by Gasteiger charge is 2.15. The molecule has 108 valence electrons. The lowest BCUT2D eigenvalue weighted by molar-refractivity contribution is -0.129. The molecule has 0 aliphatic carbocycles. The van der Waals surface area contributed by atoms with Crippen LogP contribution in [-0.4, -0.2) is 27.4 Å². The normalized spacial score (nSPS) is 12.2. The first-order chi connectivity index (χ1) is 10.1. The second-order valence-corrected chi connectivity index (χ2v) is 4.30. The Labute approximate surface area is 121 Å². The number of benzene rings is 2. The molecule has 2 aromatic rings. The third-order valence-corrected chi connectivity index (χ3v) is 2.75. The van der Waals surface area contributed by atoms with E-state index in [0.717, 1.165) is 0 Å². The second-order valence-electron chi connectivity index (χ2n) is 4.30. The summed E-state index contributed by atoms with van der Waals surface area (Å²) in [7, 11) is 0. The number of carbonyl (C=O) groups is 1. The molecule has 2 rings (SSSR count). The average Bonchev–Trinajstić information content (AvgIpc) is 2.51. The van der Waals surface area contributed by atoms with Crippen molar-refractivity contribution in [3.8, 4) is 11.5 Å². The molecule has 4 N–H and O–H groups in total. The van der Waals surface area contributed by atoms with Gasteiger partial charge in [0.25, 0.3) is 5.91 Å². The Kier molecular flexibility index (Phi) is 4.53. The molecule has 1 amide bonds. The summed E-state index contributed by atoms with van der Waals surface area (Å²) in [4.78, 5) is 11.7. The minimum atomic E-state index is -1.31. The minimum Gasteiger partial charge on any atom is -0.504 e. The number of aliphatic hydroxyl groups is 1. The fourth-order valence-corrected chi connectivity index (χ4v) is 1.64. The van der Waals surface area contributed by atoms with E-state index in [2.05, 4.69) is 10.5 Å². The molecule has 1 atom stereocenters. The zero-order chi connectivity index (χ0) is 15.2. The van der Waals surface area contributed by atoms with Crippen molar-refractivity contribution in [3.05, 3.63) is 59.7 Å². The van der Waals surface area contributed by atoms with Crippen LogP contribution in [-0.2, 0) is 4.79 Å². The predicted molar refractivity (Wildman–Crippen MR) is 76.9 cm³/mol. The van der Waals surface area contributed by atoms with Crippen LogP contribution in [0.3, 0.4) is 0 Å². The second kappa shape index (κ2) is 6.53. The Morgan fingerprint density at radius 1 is 1.10 bits per heavy atom. The number of phenols is 2. The van der Waals surface area contributed by atoms with E-state index >= 15 is 0 Å². The highest BCUT2D eigenvalue weighted by atomic mass is 16.3. The third-order valence-electron chi connectivity index (χ3n) is 2.75. The van der Waals surface area contributed by atoms with Crippen LogP contribution in [0.15, 0.2) is 53.6 Å². The molecule has 0 aliphatic heterocycles. The fraction of sp³-hybridized carbons (Fsp3) is 0.0667. The van der Waals surface area contributed by atoms with E-state index in [4.69, 9.17) is 5.11 Å². The van der Waals surface area contributed by atoms with Gasteiger partial charge in [0.15, 0.2) is 17.6 Å². The molecular formula is C15H14N2O4. The SMILES string of the molecule is O=C(NN=Cc1ccc(O)c(O)c1)C(O)c1ccccc1. The molecule has 0 bridgehead atoms. The standard InChI is InChI=1S/C15H14N2O4/c18-12-7-6-10(8-13(12)19)9-16-17-15(21)14(20)11-4-2-1-3-5-11/h1-9,14,18-20H,(H,17,21). The Balaban J connectivity index is 1.97. The van der Waals surface area contributed by atoms with Crippen LogP contribution < -0.4 is 5.43 Å². The highest BCUT2D eigenvalue weighted by molar-refractivity contribution is 5.85.